The summed E-state index contributed by atoms with van der Waals surface area (Å²) in [5.41, 5.74) is 6.90. The van der Waals surface area contributed by atoms with Crippen LogP contribution < -0.4 is 11.1 Å². The lowest BCUT2D eigenvalue weighted by molar-refractivity contribution is 0.102. The average Bonchev–Trinajstić information content (AvgIpc) is 2.45. The Morgan fingerprint density at radius 1 is 1.33 bits per heavy atom. The van der Waals surface area contributed by atoms with Crippen LogP contribution in [-0.2, 0) is 11.3 Å². The van der Waals surface area contributed by atoms with Gasteiger partial charge in [-0.2, -0.15) is 0 Å². The van der Waals surface area contributed by atoms with Gasteiger partial charge in [0.1, 0.15) is 5.82 Å². The zero-order chi connectivity index (χ0) is 15.4. The third-order valence-corrected chi connectivity index (χ3v) is 3.70. The fourth-order valence-corrected chi connectivity index (χ4v) is 2.37. The van der Waals surface area contributed by atoms with Gasteiger partial charge in [-0.15, -0.1) is 0 Å². The lowest BCUT2D eigenvalue weighted by atomic mass is 10.1. The van der Waals surface area contributed by atoms with E-state index in [9.17, 15) is 9.18 Å². The van der Waals surface area contributed by atoms with Crippen LogP contribution in [0.15, 0.2) is 40.9 Å². The molecule has 1 amide bonds. The van der Waals surface area contributed by atoms with E-state index in [1.54, 1.807) is 19.2 Å². The quantitative estimate of drug-likeness (QED) is 0.826. The second kappa shape index (κ2) is 6.69. The number of amides is 1. The van der Waals surface area contributed by atoms with Crippen molar-refractivity contribution in [2.45, 2.75) is 6.61 Å². The van der Waals surface area contributed by atoms with Gasteiger partial charge in [-0.1, -0.05) is 28.1 Å². The SMILES string of the molecule is COCc1c(Br)cccc1NC(=O)c1cccc(F)c1N. The minimum absolute atomic E-state index is 0.0957. The molecule has 0 atom stereocenters. The molecule has 2 rings (SSSR count). The van der Waals surface area contributed by atoms with E-state index >= 15 is 0 Å². The van der Waals surface area contributed by atoms with Gasteiger partial charge in [0.15, 0.2) is 0 Å². The third kappa shape index (κ3) is 3.40. The molecule has 0 radical (unpaired) electrons. The fourth-order valence-electron chi connectivity index (χ4n) is 1.89. The molecule has 0 aliphatic rings. The Hall–Kier alpha value is -1.92. The number of nitrogen functional groups attached to an aromatic ring is 1. The molecule has 0 bridgehead atoms. The predicted molar refractivity (Wildman–Crippen MR) is 83.6 cm³/mol. The Labute approximate surface area is 130 Å². The summed E-state index contributed by atoms with van der Waals surface area (Å²) in [6.07, 6.45) is 0. The number of anilines is 2. The van der Waals surface area contributed by atoms with Gasteiger partial charge >= 0.3 is 0 Å². The Bertz CT molecular complexity index is 677. The number of nitrogens with two attached hydrogens (primary N) is 1. The summed E-state index contributed by atoms with van der Waals surface area (Å²) in [5.74, 6) is -1.09. The molecule has 2 aromatic rings. The molecule has 0 fully saturated rings. The van der Waals surface area contributed by atoms with Crippen LogP contribution in [0.5, 0.6) is 0 Å². The summed E-state index contributed by atoms with van der Waals surface area (Å²) in [7, 11) is 1.57. The highest BCUT2D eigenvalue weighted by Crippen LogP contribution is 2.26. The third-order valence-electron chi connectivity index (χ3n) is 2.95. The van der Waals surface area contributed by atoms with E-state index < -0.39 is 11.7 Å². The number of hydrogen-bond donors (Lipinski definition) is 2. The number of halogens is 2. The van der Waals surface area contributed by atoms with Crippen molar-refractivity contribution in [1.82, 2.24) is 0 Å². The van der Waals surface area contributed by atoms with Gasteiger partial charge in [-0.3, -0.25) is 4.79 Å². The van der Waals surface area contributed by atoms with Crippen LogP contribution >= 0.6 is 15.9 Å². The number of nitrogens with one attached hydrogen (secondary N) is 1. The molecule has 0 heterocycles. The molecule has 0 saturated carbocycles. The van der Waals surface area contributed by atoms with E-state index in [4.69, 9.17) is 10.5 Å². The molecule has 6 heteroatoms. The number of carbonyl (C=O) groups is 1. The van der Waals surface area contributed by atoms with Gasteiger partial charge in [0.25, 0.3) is 5.91 Å². The molecule has 0 spiro atoms. The first-order valence-corrected chi connectivity index (χ1v) is 6.95. The highest BCUT2D eigenvalue weighted by Gasteiger charge is 2.15. The van der Waals surface area contributed by atoms with E-state index in [1.165, 1.54) is 18.2 Å². The van der Waals surface area contributed by atoms with Gasteiger partial charge in [0, 0.05) is 22.8 Å². The normalized spacial score (nSPS) is 10.4. The zero-order valence-electron chi connectivity index (χ0n) is 11.3. The van der Waals surface area contributed by atoms with Crippen LogP contribution in [0.1, 0.15) is 15.9 Å². The minimum atomic E-state index is -0.617. The summed E-state index contributed by atoms with van der Waals surface area (Å²) >= 11 is 3.40. The largest absolute Gasteiger partial charge is 0.396 e. The molecule has 0 unspecified atom stereocenters. The number of para-hydroxylation sites is 1. The fraction of sp³-hybridized carbons (Fsp3) is 0.133. The topological polar surface area (TPSA) is 64.3 Å². The van der Waals surface area contributed by atoms with E-state index in [-0.39, 0.29) is 11.3 Å². The maximum atomic E-state index is 13.4. The molecule has 0 aliphatic heterocycles. The summed E-state index contributed by atoms with van der Waals surface area (Å²) < 4.78 is 19.3. The number of methoxy groups -OCH3 is 1. The molecule has 4 nitrogen and oxygen atoms in total. The minimum Gasteiger partial charge on any atom is -0.396 e. The standard InChI is InChI=1S/C15H14BrFN2O2/c1-21-8-10-11(16)5-3-7-13(10)19-15(20)9-4-2-6-12(17)14(9)18/h2-7H,8,18H2,1H3,(H,19,20). The van der Waals surface area contributed by atoms with E-state index in [1.807, 2.05) is 6.07 Å². The van der Waals surface area contributed by atoms with Crippen molar-refractivity contribution >= 4 is 33.2 Å². The molecule has 0 aliphatic carbocycles. The van der Waals surface area contributed by atoms with Crippen LogP contribution in [0.25, 0.3) is 0 Å². The second-order valence-electron chi connectivity index (χ2n) is 4.35. The van der Waals surface area contributed by atoms with E-state index in [2.05, 4.69) is 21.2 Å². The molecule has 21 heavy (non-hydrogen) atoms. The Balaban J connectivity index is 2.32. The van der Waals surface area contributed by atoms with Crippen LogP contribution in [0.3, 0.4) is 0 Å². The first-order valence-electron chi connectivity index (χ1n) is 6.16. The summed E-state index contributed by atoms with van der Waals surface area (Å²) in [4.78, 5) is 12.2. The average molecular weight is 353 g/mol. The number of rotatable bonds is 4. The Kier molecular flexibility index (Phi) is 4.93. The van der Waals surface area contributed by atoms with Gasteiger partial charge in [0.05, 0.1) is 17.9 Å². The summed E-state index contributed by atoms with van der Waals surface area (Å²) in [6, 6.07) is 9.50. The number of ether oxygens (including phenoxy) is 1. The molecular weight excluding hydrogens is 339 g/mol. The Morgan fingerprint density at radius 3 is 2.76 bits per heavy atom. The number of benzene rings is 2. The monoisotopic (exact) mass is 352 g/mol. The van der Waals surface area contributed by atoms with E-state index in [0.717, 1.165) is 10.0 Å². The van der Waals surface area contributed by atoms with Crippen molar-refractivity contribution in [2.75, 3.05) is 18.2 Å². The lowest BCUT2D eigenvalue weighted by Crippen LogP contribution is -2.16. The molecule has 2 aromatic carbocycles. The van der Waals surface area contributed by atoms with Crippen molar-refractivity contribution in [3.8, 4) is 0 Å². The second-order valence-corrected chi connectivity index (χ2v) is 5.21. The first kappa shape index (κ1) is 15.5. The van der Waals surface area contributed by atoms with Gasteiger partial charge in [-0.25, -0.2) is 4.39 Å². The molecular formula is C15H14BrFN2O2. The van der Waals surface area contributed by atoms with Crippen molar-refractivity contribution < 1.29 is 13.9 Å². The number of carbonyl (C=O) groups excluding carboxylic acids is 1. The smallest absolute Gasteiger partial charge is 0.257 e. The number of hydrogen-bond acceptors (Lipinski definition) is 3. The molecule has 3 N–H and O–H groups in total. The van der Waals surface area contributed by atoms with Crippen molar-refractivity contribution in [2.24, 2.45) is 0 Å². The van der Waals surface area contributed by atoms with Crippen molar-refractivity contribution in [3.05, 3.63) is 57.8 Å². The van der Waals surface area contributed by atoms with Crippen molar-refractivity contribution in [3.63, 3.8) is 0 Å². The Morgan fingerprint density at radius 2 is 2.05 bits per heavy atom. The van der Waals surface area contributed by atoms with E-state index in [0.29, 0.717) is 12.3 Å². The van der Waals surface area contributed by atoms with Gasteiger partial charge < -0.3 is 15.8 Å². The zero-order valence-corrected chi connectivity index (χ0v) is 12.9. The van der Waals surface area contributed by atoms with Crippen LogP contribution in [0, 0.1) is 5.82 Å². The predicted octanol–water partition coefficient (Wildman–Crippen LogP) is 3.57. The summed E-state index contributed by atoms with van der Waals surface area (Å²) in [6.45, 7) is 0.329. The summed E-state index contributed by atoms with van der Waals surface area (Å²) in [5, 5.41) is 2.72. The van der Waals surface area contributed by atoms with Crippen molar-refractivity contribution in [1.29, 1.82) is 0 Å². The van der Waals surface area contributed by atoms with Gasteiger partial charge in [-0.05, 0) is 24.3 Å². The highest BCUT2D eigenvalue weighted by atomic mass is 79.9. The lowest BCUT2D eigenvalue weighted by Gasteiger charge is -2.13. The molecule has 0 aromatic heterocycles. The van der Waals surface area contributed by atoms with Crippen LogP contribution in [0.4, 0.5) is 15.8 Å². The van der Waals surface area contributed by atoms with Gasteiger partial charge in [0.2, 0.25) is 0 Å². The molecule has 0 saturated heterocycles. The highest BCUT2D eigenvalue weighted by molar-refractivity contribution is 9.10. The van der Waals surface area contributed by atoms with Crippen LogP contribution in [0.2, 0.25) is 0 Å². The molecule has 110 valence electrons. The first-order chi connectivity index (χ1) is 10.0. The maximum absolute atomic E-state index is 13.4. The van der Waals surface area contributed by atoms with Crippen LogP contribution in [-0.4, -0.2) is 13.0 Å². The maximum Gasteiger partial charge on any atom is 0.257 e.